The minimum absolute atomic E-state index is 0.0921. The van der Waals surface area contributed by atoms with Crippen molar-refractivity contribution < 1.29 is 0 Å². The van der Waals surface area contributed by atoms with E-state index in [1.165, 1.54) is 0 Å². The molecular formula is C13H22N6. The zero-order valence-electron chi connectivity index (χ0n) is 11.8. The van der Waals surface area contributed by atoms with Crippen LogP contribution in [0.3, 0.4) is 0 Å². The van der Waals surface area contributed by atoms with Crippen LogP contribution in [-0.4, -0.2) is 19.3 Å². The molecule has 2 heterocycles. The third-order valence-corrected chi connectivity index (χ3v) is 3.46. The fourth-order valence-electron chi connectivity index (χ4n) is 2.27. The second-order valence-corrected chi connectivity index (χ2v) is 4.75. The van der Waals surface area contributed by atoms with Crippen molar-refractivity contribution in [3.8, 4) is 0 Å². The maximum Gasteiger partial charge on any atom is 0.108 e. The van der Waals surface area contributed by atoms with Gasteiger partial charge in [-0.3, -0.25) is 16.0 Å². The van der Waals surface area contributed by atoms with Crippen molar-refractivity contribution in [3.05, 3.63) is 35.7 Å². The molecule has 0 aliphatic rings. The Morgan fingerprint density at radius 3 is 2.74 bits per heavy atom. The molecule has 0 saturated heterocycles. The summed E-state index contributed by atoms with van der Waals surface area (Å²) in [4.78, 5) is 4.33. The molecule has 0 aromatic carbocycles. The van der Waals surface area contributed by atoms with Crippen LogP contribution < -0.4 is 11.3 Å². The van der Waals surface area contributed by atoms with E-state index in [2.05, 4.69) is 28.5 Å². The smallest absolute Gasteiger partial charge is 0.108 e. The normalized spacial score (nSPS) is 12.8. The third kappa shape index (κ3) is 3.02. The average Bonchev–Trinajstić information content (AvgIpc) is 2.97. The highest BCUT2D eigenvalue weighted by Crippen LogP contribution is 2.18. The molecule has 104 valence electrons. The summed E-state index contributed by atoms with van der Waals surface area (Å²) in [5.74, 6) is 6.75. The highest BCUT2D eigenvalue weighted by Gasteiger charge is 2.16. The van der Waals surface area contributed by atoms with Gasteiger partial charge in [-0.1, -0.05) is 6.92 Å². The molecule has 2 rings (SSSR count). The van der Waals surface area contributed by atoms with Crippen LogP contribution in [0.4, 0.5) is 0 Å². The SMILES string of the molecule is CCc1cc(C(CCc2nccn2C)NN)n(C)n1. The summed E-state index contributed by atoms with van der Waals surface area (Å²) >= 11 is 0. The second-order valence-electron chi connectivity index (χ2n) is 4.75. The molecule has 1 atom stereocenters. The van der Waals surface area contributed by atoms with Crippen molar-refractivity contribution in [1.82, 2.24) is 24.8 Å². The van der Waals surface area contributed by atoms with Crippen molar-refractivity contribution in [3.63, 3.8) is 0 Å². The molecule has 0 aliphatic carbocycles. The van der Waals surface area contributed by atoms with Crippen LogP contribution in [-0.2, 0) is 26.9 Å². The van der Waals surface area contributed by atoms with E-state index in [1.54, 1.807) is 0 Å². The third-order valence-electron chi connectivity index (χ3n) is 3.46. The highest BCUT2D eigenvalue weighted by molar-refractivity contribution is 5.14. The molecule has 19 heavy (non-hydrogen) atoms. The molecule has 3 N–H and O–H groups in total. The summed E-state index contributed by atoms with van der Waals surface area (Å²) in [5.41, 5.74) is 5.09. The van der Waals surface area contributed by atoms with Crippen molar-refractivity contribution in [2.45, 2.75) is 32.2 Å². The van der Waals surface area contributed by atoms with Crippen LogP contribution in [0.25, 0.3) is 0 Å². The summed E-state index contributed by atoms with van der Waals surface area (Å²) in [5, 5.41) is 4.46. The Hall–Kier alpha value is -1.66. The molecule has 2 aromatic rings. The second kappa shape index (κ2) is 5.99. The number of aryl methyl sites for hydroxylation is 4. The molecular weight excluding hydrogens is 240 g/mol. The van der Waals surface area contributed by atoms with E-state index in [-0.39, 0.29) is 6.04 Å². The Bertz CT molecular complexity index is 527. The van der Waals surface area contributed by atoms with E-state index in [0.29, 0.717) is 0 Å². The monoisotopic (exact) mass is 262 g/mol. The van der Waals surface area contributed by atoms with Crippen molar-refractivity contribution in [1.29, 1.82) is 0 Å². The number of hydrazine groups is 1. The minimum atomic E-state index is 0.0921. The Morgan fingerprint density at radius 1 is 1.42 bits per heavy atom. The van der Waals surface area contributed by atoms with Crippen molar-refractivity contribution in [2.24, 2.45) is 19.9 Å². The maximum absolute atomic E-state index is 5.68. The van der Waals surface area contributed by atoms with Gasteiger partial charge in [0.05, 0.1) is 17.4 Å². The lowest BCUT2D eigenvalue weighted by Crippen LogP contribution is -2.30. The molecule has 6 heteroatoms. The van der Waals surface area contributed by atoms with Crippen LogP contribution in [0.15, 0.2) is 18.5 Å². The van der Waals surface area contributed by atoms with Crippen molar-refractivity contribution >= 4 is 0 Å². The molecule has 0 spiro atoms. The minimum Gasteiger partial charge on any atom is -0.338 e. The van der Waals surface area contributed by atoms with E-state index >= 15 is 0 Å². The lowest BCUT2D eigenvalue weighted by atomic mass is 10.1. The van der Waals surface area contributed by atoms with E-state index in [1.807, 2.05) is 35.7 Å². The summed E-state index contributed by atoms with van der Waals surface area (Å²) in [7, 11) is 3.96. The maximum atomic E-state index is 5.68. The van der Waals surface area contributed by atoms with Crippen LogP contribution in [0.2, 0.25) is 0 Å². The lowest BCUT2D eigenvalue weighted by molar-refractivity contribution is 0.473. The van der Waals surface area contributed by atoms with Crippen LogP contribution in [0, 0.1) is 0 Å². The van der Waals surface area contributed by atoms with Gasteiger partial charge in [0.25, 0.3) is 0 Å². The summed E-state index contributed by atoms with van der Waals surface area (Å²) in [6.07, 6.45) is 6.48. The van der Waals surface area contributed by atoms with Gasteiger partial charge in [-0.05, 0) is 18.9 Å². The Balaban J connectivity index is 2.07. The number of hydrogen-bond acceptors (Lipinski definition) is 4. The van der Waals surface area contributed by atoms with Gasteiger partial charge in [0.1, 0.15) is 5.82 Å². The zero-order chi connectivity index (χ0) is 13.8. The van der Waals surface area contributed by atoms with Gasteiger partial charge >= 0.3 is 0 Å². The number of rotatable bonds is 6. The molecule has 1 unspecified atom stereocenters. The van der Waals surface area contributed by atoms with Crippen LogP contribution in [0.5, 0.6) is 0 Å². The summed E-state index contributed by atoms with van der Waals surface area (Å²) < 4.78 is 3.94. The van der Waals surface area contributed by atoms with Gasteiger partial charge in [-0.15, -0.1) is 0 Å². The topological polar surface area (TPSA) is 73.7 Å². The molecule has 0 saturated carbocycles. The Morgan fingerprint density at radius 2 is 2.21 bits per heavy atom. The first kappa shape index (κ1) is 13.8. The van der Waals surface area contributed by atoms with E-state index in [4.69, 9.17) is 5.84 Å². The first-order valence-corrected chi connectivity index (χ1v) is 6.60. The van der Waals surface area contributed by atoms with Gasteiger partial charge in [-0.25, -0.2) is 4.98 Å². The van der Waals surface area contributed by atoms with Gasteiger partial charge in [0.15, 0.2) is 0 Å². The van der Waals surface area contributed by atoms with Gasteiger partial charge in [0.2, 0.25) is 0 Å². The average molecular weight is 262 g/mol. The molecule has 0 aliphatic heterocycles. The number of nitrogens with zero attached hydrogens (tertiary/aromatic N) is 4. The van der Waals surface area contributed by atoms with E-state index in [0.717, 1.165) is 36.5 Å². The number of aromatic nitrogens is 4. The molecule has 6 nitrogen and oxygen atoms in total. The fraction of sp³-hybridized carbons (Fsp3) is 0.538. The molecule has 0 amide bonds. The number of imidazole rings is 1. The van der Waals surface area contributed by atoms with E-state index in [9.17, 15) is 0 Å². The zero-order valence-corrected chi connectivity index (χ0v) is 11.8. The highest BCUT2D eigenvalue weighted by atomic mass is 15.3. The summed E-state index contributed by atoms with van der Waals surface area (Å²) in [6, 6.07) is 2.21. The number of nitrogens with two attached hydrogens (primary N) is 1. The fourth-order valence-corrected chi connectivity index (χ4v) is 2.27. The number of hydrogen-bond donors (Lipinski definition) is 2. The quantitative estimate of drug-likeness (QED) is 0.598. The van der Waals surface area contributed by atoms with Crippen molar-refractivity contribution in [2.75, 3.05) is 0 Å². The van der Waals surface area contributed by atoms with Gasteiger partial charge < -0.3 is 4.57 Å². The standard InChI is InChI=1S/C13H22N6/c1-4-10-9-12(19(3)17-10)11(16-14)5-6-13-15-7-8-18(13)2/h7-9,11,16H,4-6,14H2,1-3H3. The van der Waals surface area contributed by atoms with Crippen LogP contribution >= 0.6 is 0 Å². The largest absolute Gasteiger partial charge is 0.338 e. The lowest BCUT2D eigenvalue weighted by Gasteiger charge is -2.15. The van der Waals surface area contributed by atoms with Gasteiger partial charge in [-0.2, -0.15) is 5.10 Å². The molecule has 0 bridgehead atoms. The molecule has 0 fully saturated rings. The predicted octanol–water partition coefficient (Wildman–Crippen LogP) is 0.853. The summed E-state index contributed by atoms with van der Waals surface area (Å²) in [6.45, 7) is 2.10. The molecule has 0 radical (unpaired) electrons. The van der Waals surface area contributed by atoms with E-state index < -0.39 is 0 Å². The Kier molecular flexibility index (Phi) is 4.34. The first-order chi connectivity index (χ1) is 9.15. The molecule has 2 aromatic heterocycles. The Labute approximate surface area is 113 Å². The van der Waals surface area contributed by atoms with Crippen LogP contribution in [0.1, 0.15) is 36.6 Å². The van der Waals surface area contributed by atoms with Gasteiger partial charge in [0, 0.05) is 32.9 Å². The predicted molar refractivity (Wildman–Crippen MR) is 74.2 cm³/mol. The first-order valence-electron chi connectivity index (χ1n) is 6.60. The number of nitrogens with one attached hydrogen (secondary N) is 1.